The maximum absolute atomic E-state index is 4.96. The van der Waals surface area contributed by atoms with Crippen LogP contribution in [0.1, 0.15) is 59.3 Å². The summed E-state index contributed by atoms with van der Waals surface area (Å²) in [6, 6.07) is 1.18. The van der Waals surface area contributed by atoms with Crippen molar-refractivity contribution in [1.29, 1.82) is 0 Å². The van der Waals surface area contributed by atoms with Gasteiger partial charge in [-0.3, -0.25) is 4.99 Å². The van der Waals surface area contributed by atoms with Gasteiger partial charge in [0.05, 0.1) is 6.04 Å². The van der Waals surface area contributed by atoms with E-state index in [4.69, 9.17) is 4.99 Å². The molecule has 0 radical (unpaired) electrons. The SMILES string of the molecule is CCC(CC)C(C)NC1=NC2CCCCC2CS1. The minimum absolute atomic E-state index is 0.561. The fraction of sp³-hybridized carbons (Fsp3) is 0.933. The lowest BCUT2D eigenvalue weighted by molar-refractivity contribution is 0.333. The van der Waals surface area contributed by atoms with Crippen molar-refractivity contribution in [3.8, 4) is 0 Å². The molecule has 3 unspecified atom stereocenters. The Labute approximate surface area is 116 Å². The average Bonchev–Trinajstić information content (AvgIpc) is 2.40. The molecule has 1 N–H and O–H groups in total. The van der Waals surface area contributed by atoms with E-state index in [1.807, 2.05) is 11.8 Å². The van der Waals surface area contributed by atoms with Gasteiger partial charge >= 0.3 is 0 Å². The number of nitrogens with zero attached hydrogens (tertiary/aromatic N) is 1. The quantitative estimate of drug-likeness (QED) is 0.831. The first-order valence-electron chi connectivity index (χ1n) is 7.71. The van der Waals surface area contributed by atoms with Crippen LogP contribution in [0.4, 0.5) is 0 Å². The Morgan fingerprint density at radius 1 is 1.28 bits per heavy atom. The summed E-state index contributed by atoms with van der Waals surface area (Å²) in [6.07, 6.45) is 8.03. The van der Waals surface area contributed by atoms with Crippen LogP contribution in [-0.4, -0.2) is 23.0 Å². The van der Waals surface area contributed by atoms with Gasteiger partial charge in [0.15, 0.2) is 5.17 Å². The summed E-state index contributed by atoms with van der Waals surface area (Å²) in [5.74, 6) is 2.92. The van der Waals surface area contributed by atoms with Crippen molar-refractivity contribution in [1.82, 2.24) is 5.32 Å². The molecule has 0 spiro atoms. The molecule has 1 saturated carbocycles. The van der Waals surface area contributed by atoms with Crippen LogP contribution in [0.3, 0.4) is 0 Å². The van der Waals surface area contributed by atoms with Gasteiger partial charge in [0.1, 0.15) is 0 Å². The Morgan fingerprint density at radius 3 is 2.72 bits per heavy atom. The van der Waals surface area contributed by atoms with Gasteiger partial charge in [-0.25, -0.2) is 0 Å². The van der Waals surface area contributed by atoms with E-state index in [0.717, 1.165) is 11.8 Å². The molecule has 3 heteroatoms. The molecule has 0 aromatic carbocycles. The van der Waals surface area contributed by atoms with E-state index < -0.39 is 0 Å². The van der Waals surface area contributed by atoms with E-state index in [2.05, 4.69) is 26.1 Å². The van der Waals surface area contributed by atoms with Crippen molar-refractivity contribution >= 4 is 16.9 Å². The minimum Gasteiger partial charge on any atom is -0.362 e. The van der Waals surface area contributed by atoms with Crippen molar-refractivity contribution in [2.24, 2.45) is 16.8 Å². The zero-order valence-corrected chi connectivity index (χ0v) is 12.9. The van der Waals surface area contributed by atoms with Crippen LogP contribution >= 0.6 is 11.8 Å². The van der Waals surface area contributed by atoms with Crippen molar-refractivity contribution in [2.75, 3.05) is 5.75 Å². The van der Waals surface area contributed by atoms with Gasteiger partial charge in [0.2, 0.25) is 0 Å². The van der Waals surface area contributed by atoms with Crippen LogP contribution < -0.4 is 5.32 Å². The molecule has 2 aliphatic rings. The summed E-state index contributed by atoms with van der Waals surface area (Å²) < 4.78 is 0. The monoisotopic (exact) mass is 268 g/mol. The molecule has 2 nitrogen and oxygen atoms in total. The summed E-state index contributed by atoms with van der Waals surface area (Å²) in [5, 5.41) is 4.89. The second kappa shape index (κ2) is 6.83. The Morgan fingerprint density at radius 2 is 2.00 bits per heavy atom. The van der Waals surface area contributed by atoms with Crippen molar-refractivity contribution in [3.05, 3.63) is 0 Å². The number of amidine groups is 1. The van der Waals surface area contributed by atoms with E-state index in [0.29, 0.717) is 12.1 Å². The van der Waals surface area contributed by atoms with E-state index in [1.165, 1.54) is 49.4 Å². The number of thioether (sulfide) groups is 1. The Kier molecular flexibility index (Phi) is 5.40. The van der Waals surface area contributed by atoms with Crippen LogP contribution in [0.15, 0.2) is 4.99 Å². The van der Waals surface area contributed by atoms with Gasteiger partial charge in [-0.2, -0.15) is 0 Å². The molecule has 1 fully saturated rings. The lowest BCUT2D eigenvalue weighted by Crippen LogP contribution is -2.40. The highest BCUT2D eigenvalue weighted by Gasteiger charge is 2.29. The Balaban J connectivity index is 1.91. The summed E-state index contributed by atoms with van der Waals surface area (Å²) >= 11 is 1.95. The molecule has 3 atom stereocenters. The molecule has 2 rings (SSSR count). The van der Waals surface area contributed by atoms with Crippen molar-refractivity contribution in [3.63, 3.8) is 0 Å². The molecule has 0 aromatic rings. The third-order valence-corrected chi connectivity index (χ3v) is 5.78. The van der Waals surface area contributed by atoms with Crippen LogP contribution in [0.25, 0.3) is 0 Å². The van der Waals surface area contributed by atoms with Crippen LogP contribution in [-0.2, 0) is 0 Å². The van der Waals surface area contributed by atoms with Gasteiger partial charge in [0.25, 0.3) is 0 Å². The molecule has 0 amide bonds. The van der Waals surface area contributed by atoms with Crippen molar-refractivity contribution in [2.45, 2.75) is 71.4 Å². The minimum atomic E-state index is 0.561. The summed E-state index contributed by atoms with van der Waals surface area (Å²) in [4.78, 5) is 4.96. The van der Waals surface area contributed by atoms with Gasteiger partial charge in [-0.15, -0.1) is 0 Å². The molecular weight excluding hydrogens is 240 g/mol. The molecular formula is C15H28N2S. The first-order chi connectivity index (χ1) is 8.74. The average molecular weight is 268 g/mol. The van der Waals surface area contributed by atoms with Crippen LogP contribution in [0.5, 0.6) is 0 Å². The lowest BCUT2D eigenvalue weighted by Gasteiger charge is -2.34. The molecule has 0 aromatic heterocycles. The summed E-state index contributed by atoms with van der Waals surface area (Å²) in [5.41, 5.74) is 0. The van der Waals surface area contributed by atoms with Gasteiger partial charge in [-0.05, 0) is 31.6 Å². The number of hydrogen-bond donors (Lipinski definition) is 1. The number of rotatable bonds is 4. The Bertz CT molecular complexity index is 286. The normalized spacial score (nSPS) is 29.7. The maximum atomic E-state index is 4.96. The fourth-order valence-electron chi connectivity index (χ4n) is 3.31. The van der Waals surface area contributed by atoms with E-state index in [9.17, 15) is 0 Å². The largest absolute Gasteiger partial charge is 0.362 e. The van der Waals surface area contributed by atoms with Crippen LogP contribution in [0, 0.1) is 11.8 Å². The molecule has 1 heterocycles. The smallest absolute Gasteiger partial charge is 0.157 e. The van der Waals surface area contributed by atoms with Gasteiger partial charge in [-0.1, -0.05) is 51.3 Å². The van der Waals surface area contributed by atoms with Crippen molar-refractivity contribution < 1.29 is 0 Å². The standard InChI is InChI=1S/C15H28N2S/c1-4-12(5-2)11(3)16-15-17-14-9-7-6-8-13(14)10-18-15/h11-14H,4-10H2,1-3H3,(H,16,17). The highest BCUT2D eigenvalue weighted by atomic mass is 32.2. The molecule has 1 aliphatic heterocycles. The van der Waals surface area contributed by atoms with Gasteiger partial charge < -0.3 is 5.32 Å². The Hall–Kier alpha value is -0.180. The number of aliphatic imine (C=N–C) groups is 1. The molecule has 0 bridgehead atoms. The second-order valence-electron chi connectivity index (χ2n) is 5.87. The topological polar surface area (TPSA) is 24.4 Å². The first-order valence-corrected chi connectivity index (χ1v) is 8.70. The highest BCUT2D eigenvalue weighted by molar-refractivity contribution is 8.13. The molecule has 18 heavy (non-hydrogen) atoms. The predicted octanol–water partition coefficient (Wildman–Crippen LogP) is 4.06. The maximum Gasteiger partial charge on any atom is 0.157 e. The zero-order chi connectivity index (χ0) is 13.0. The lowest BCUT2D eigenvalue weighted by atomic mass is 9.86. The first kappa shape index (κ1) is 14.2. The third kappa shape index (κ3) is 3.43. The fourth-order valence-corrected chi connectivity index (χ4v) is 4.55. The molecule has 0 saturated heterocycles. The second-order valence-corrected chi connectivity index (χ2v) is 6.88. The molecule has 104 valence electrons. The predicted molar refractivity (Wildman–Crippen MR) is 82.3 cm³/mol. The number of fused-ring (bicyclic) bond motifs is 1. The third-order valence-electron chi connectivity index (χ3n) is 4.69. The van der Waals surface area contributed by atoms with E-state index >= 15 is 0 Å². The summed E-state index contributed by atoms with van der Waals surface area (Å²) in [6.45, 7) is 6.90. The number of hydrogen-bond acceptors (Lipinski definition) is 3. The van der Waals surface area contributed by atoms with E-state index in [1.54, 1.807) is 0 Å². The molecule has 1 aliphatic carbocycles. The van der Waals surface area contributed by atoms with Gasteiger partial charge in [0, 0.05) is 11.8 Å². The zero-order valence-electron chi connectivity index (χ0n) is 12.1. The van der Waals surface area contributed by atoms with E-state index in [-0.39, 0.29) is 0 Å². The van der Waals surface area contributed by atoms with Crippen LogP contribution in [0.2, 0.25) is 0 Å². The summed E-state index contributed by atoms with van der Waals surface area (Å²) in [7, 11) is 0. The highest BCUT2D eigenvalue weighted by Crippen LogP contribution is 2.33. The number of nitrogens with one attached hydrogen (secondary N) is 1.